The molecule has 5 rings (SSSR count). The molecule has 2 aliphatic heterocycles. The molecule has 1 atom stereocenters. The summed E-state index contributed by atoms with van der Waals surface area (Å²) in [6.45, 7) is 2.79. The molecule has 0 aliphatic carbocycles. The van der Waals surface area contributed by atoms with E-state index >= 15 is 0 Å². The monoisotopic (exact) mass is 529 g/mol. The summed E-state index contributed by atoms with van der Waals surface area (Å²) in [6, 6.07) is 22.9. The van der Waals surface area contributed by atoms with Crippen LogP contribution < -0.4 is 20.1 Å². The molecule has 200 valence electrons. The Hall–Kier alpha value is -4.70. The molecule has 0 spiro atoms. The van der Waals surface area contributed by atoms with Gasteiger partial charge < -0.3 is 18.9 Å². The molecule has 1 fully saturated rings. The summed E-state index contributed by atoms with van der Waals surface area (Å²) in [5.41, 5.74) is 0.0222. The molecule has 0 saturated carbocycles. The van der Waals surface area contributed by atoms with Crippen LogP contribution in [-0.4, -0.2) is 49.2 Å². The molecule has 10 nitrogen and oxygen atoms in total. The average Bonchev–Trinajstić information content (AvgIpc) is 3.44. The third-order valence-electron chi connectivity index (χ3n) is 6.28. The molecule has 0 unspecified atom stereocenters. The second-order valence-corrected chi connectivity index (χ2v) is 8.88. The average molecular weight is 530 g/mol. The molecule has 39 heavy (non-hydrogen) atoms. The number of nitrogens with zero attached hydrogens (tertiary/aromatic N) is 1. The minimum Gasteiger partial charge on any atom is -0.475 e. The van der Waals surface area contributed by atoms with Crippen molar-refractivity contribution in [2.45, 2.75) is 25.0 Å². The molecule has 2 N–H and O–H groups in total. The van der Waals surface area contributed by atoms with Gasteiger partial charge in [0.2, 0.25) is 5.90 Å². The Labute approximate surface area is 224 Å². The number of nitrogens with one attached hydrogen (secondary N) is 2. The van der Waals surface area contributed by atoms with Crippen LogP contribution in [0.1, 0.15) is 30.5 Å². The first kappa shape index (κ1) is 25.9. The third kappa shape index (κ3) is 5.75. The molecule has 2 heterocycles. The first-order valence-corrected chi connectivity index (χ1v) is 12.5. The van der Waals surface area contributed by atoms with Crippen molar-refractivity contribution in [1.29, 1.82) is 0 Å². The van der Waals surface area contributed by atoms with E-state index in [1.807, 2.05) is 54.6 Å². The number of ether oxygens (including phenoxy) is 4. The van der Waals surface area contributed by atoms with Gasteiger partial charge in [0, 0.05) is 18.6 Å². The van der Waals surface area contributed by atoms with E-state index in [0.717, 1.165) is 11.1 Å². The number of amides is 4. The number of barbiturate groups is 1. The fourth-order valence-electron chi connectivity index (χ4n) is 4.23. The van der Waals surface area contributed by atoms with Gasteiger partial charge in [0.25, 0.3) is 17.4 Å². The summed E-state index contributed by atoms with van der Waals surface area (Å²) < 4.78 is 22.9. The van der Waals surface area contributed by atoms with Crippen LogP contribution in [0.25, 0.3) is 0 Å². The van der Waals surface area contributed by atoms with Crippen LogP contribution in [0, 0.1) is 0 Å². The highest BCUT2D eigenvalue weighted by Crippen LogP contribution is 2.30. The van der Waals surface area contributed by atoms with Crippen molar-refractivity contribution in [3.05, 3.63) is 90.0 Å². The van der Waals surface area contributed by atoms with E-state index in [2.05, 4.69) is 10.6 Å². The number of carbonyl (C=O) groups is 3. The summed E-state index contributed by atoms with van der Waals surface area (Å²) in [6.07, 6.45) is -0.0719. The van der Waals surface area contributed by atoms with E-state index in [9.17, 15) is 14.4 Å². The molecular weight excluding hydrogens is 502 g/mol. The maximum atomic E-state index is 12.6. The van der Waals surface area contributed by atoms with Gasteiger partial charge in [-0.1, -0.05) is 30.3 Å². The van der Waals surface area contributed by atoms with Crippen LogP contribution in [0.5, 0.6) is 17.2 Å². The number of hydrogen-bond donors (Lipinski definition) is 2. The van der Waals surface area contributed by atoms with Crippen LogP contribution in [0.4, 0.5) is 4.79 Å². The number of urea groups is 1. The highest BCUT2D eigenvalue weighted by Gasteiger charge is 2.52. The lowest BCUT2D eigenvalue weighted by atomic mass is 9.95. The van der Waals surface area contributed by atoms with Gasteiger partial charge in [-0.3, -0.25) is 20.2 Å². The number of benzene rings is 3. The number of carbonyl (C=O) groups excluding carboxylic acids is 3. The maximum Gasteiger partial charge on any atom is 0.328 e. The Kier molecular flexibility index (Phi) is 7.55. The van der Waals surface area contributed by atoms with E-state index < -0.39 is 23.4 Å². The molecule has 2 aliphatic rings. The van der Waals surface area contributed by atoms with Gasteiger partial charge in [-0.05, 0) is 61.0 Å². The molecular formula is C29H27N3O7. The molecule has 0 bridgehead atoms. The Morgan fingerprint density at radius 2 is 1.49 bits per heavy atom. The first-order chi connectivity index (χ1) is 19.0. The first-order valence-electron chi connectivity index (χ1n) is 12.5. The van der Waals surface area contributed by atoms with Crippen LogP contribution in [-0.2, 0) is 19.1 Å². The highest BCUT2D eigenvalue weighted by molar-refractivity contribution is 6.21. The lowest BCUT2D eigenvalue weighted by Gasteiger charge is -2.34. The standard InChI is InChI=1S/C29H27N3O7/c1-2-36-17-16-29(26(33)31-28(35)32-27(29)34)39-23-14-12-22(13-15-23)38-21-10-8-20(9-11-21)25-30-24(18-37-25)19-6-4-3-5-7-19/h3-15,24H,2,16-18H2,1H3,(H2,31,32,33,34,35)/t24-/m0/s1. The third-order valence-corrected chi connectivity index (χ3v) is 6.28. The fraction of sp³-hybridized carbons (Fsp3) is 0.241. The lowest BCUT2D eigenvalue weighted by molar-refractivity contribution is -0.153. The zero-order valence-corrected chi connectivity index (χ0v) is 21.2. The van der Waals surface area contributed by atoms with Crippen molar-refractivity contribution >= 4 is 23.7 Å². The normalized spacial score (nSPS) is 18.0. The second-order valence-electron chi connectivity index (χ2n) is 8.88. The predicted octanol–water partition coefficient (Wildman–Crippen LogP) is 3.91. The number of imide groups is 2. The molecule has 0 aromatic heterocycles. The van der Waals surface area contributed by atoms with Crippen molar-refractivity contribution < 1.29 is 33.3 Å². The molecule has 0 radical (unpaired) electrons. The van der Waals surface area contributed by atoms with E-state index in [-0.39, 0.29) is 24.8 Å². The van der Waals surface area contributed by atoms with E-state index in [1.54, 1.807) is 31.2 Å². The van der Waals surface area contributed by atoms with Gasteiger partial charge in [-0.25, -0.2) is 9.79 Å². The molecule has 4 amide bonds. The van der Waals surface area contributed by atoms with E-state index in [1.165, 1.54) is 0 Å². The minimum atomic E-state index is -1.94. The van der Waals surface area contributed by atoms with Crippen LogP contribution >= 0.6 is 0 Å². The minimum absolute atomic E-state index is 0.0255. The van der Waals surface area contributed by atoms with Crippen LogP contribution in [0.3, 0.4) is 0 Å². The second kappa shape index (κ2) is 11.4. The number of aliphatic imine (C=N–C) groups is 1. The van der Waals surface area contributed by atoms with Crippen molar-refractivity contribution in [2.75, 3.05) is 19.8 Å². The van der Waals surface area contributed by atoms with Crippen LogP contribution in [0.2, 0.25) is 0 Å². The van der Waals surface area contributed by atoms with E-state index in [4.69, 9.17) is 23.9 Å². The van der Waals surface area contributed by atoms with Gasteiger partial charge in [0.15, 0.2) is 0 Å². The molecule has 3 aromatic carbocycles. The lowest BCUT2D eigenvalue weighted by Crippen LogP contribution is -2.69. The largest absolute Gasteiger partial charge is 0.475 e. The van der Waals surface area contributed by atoms with Gasteiger partial charge >= 0.3 is 6.03 Å². The topological polar surface area (TPSA) is 125 Å². The van der Waals surface area contributed by atoms with Crippen molar-refractivity contribution in [2.24, 2.45) is 4.99 Å². The molecule has 3 aromatic rings. The predicted molar refractivity (Wildman–Crippen MR) is 141 cm³/mol. The van der Waals surface area contributed by atoms with Gasteiger partial charge in [-0.2, -0.15) is 0 Å². The SMILES string of the molecule is CCOCCC1(Oc2ccc(Oc3ccc(C4=N[C@H](c5ccccc5)CO4)cc3)cc2)C(=O)NC(=O)NC1=O. The summed E-state index contributed by atoms with van der Waals surface area (Å²) >= 11 is 0. The van der Waals surface area contributed by atoms with E-state index in [0.29, 0.717) is 30.6 Å². The summed E-state index contributed by atoms with van der Waals surface area (Å²) in [5, 5.41) is 4.19. The quantitative estimate of drug-likeness (QED) is 0.301. The van der Waals surface area contributed by atoms with Crippen molar-refractivity contribution in [1.82, 2.24) is 10.6 Å². The number of hydrogen-bond acceptors (Lipinski definition) is 8. The van der Waals surface area contributed by atoms with Gasteiger partial charge in [0.05, 0.1) is 6.61 Å². The Balaban J connectivity index is 1.24. The number of rotatable bonds is 10. The Morgan fingerprint density at radius 3 is 2.13 bits per heavy atom. The highest BCUT2D eigenvalue weighted by atomic mass is 16.5. The summed E-state index contributed by atoms with van der Waals surface area (Å²) in [5.74, 6) is 0.267. The summed E-state index contributed by atoms with van der Waals surface area (Å²) in [7, 11) is 0. The zero-order valence-electron chi connectivity index (χ0n) is 21.2. The van der Waals surface area contributed by atoms with Gasteiger partial charge in [-0.15, -0.1) is 0 Å². The van der Waals surface area contributed by atoms with Crippen molar-refractivity contribution in [3.8, 4) is 17.2 Å². The Morgan fingerprint density at radius 1 is 0.872 bits per heavy atom. The van der Waals surface area contributed by atoms with Gasteiger partial charge in [0.1, 0.15) is 29.9 Å². The molecule has 1 saturated heterocycles. The fourth-order valence-corrected chi connectivity index (χ4v) is 4.23. The summed E-state index contributed by atoms with van der Waals surface area (Å²) in [4.78, 5) is 41.5. The smallest absolute Gasteiger partial charge is 0.328 e. The Bertz CT molecular complexity index is 1350. The maximum absolute atomic E-state index is 12.6. The van der Waals surface area contributed by atoms with Crippen LogP contribution in [0.15, 0.2) is 83.9 Å². The van der Waals surface area contributed by atoms with Crippen molar-refractivity contribution in [3.63, 3.8) is 0 Å². The molecule has 10 heteroatoms. The zero-order chi connectivity index (χ0) is 27.2.